The molecule has 0 radical (unpaired) electrons. The van der Waals surface area contributed by atoms with Gasteiger partial charge in [-0.15, -0.1) is 0 Å². The summed E-state index contributed by atoms with van der Waals surface area (Å²) in [5.41, 5.74) is -0.206. The molecule has 0 aliphatic carbocycles. The predicted molar refractivity (Wildman–Crippen MR) is 88.6 cm³/mol. The Hall–Kier alpha value is -1.32. The van der Waals surface area contributed by atoms with E-state index in [-0.39, 0.29) is 5.57 Å². The molecule has 4 nitrogen and oxygen atoms in total. The van der Waals surface area contributed by atoms with Crippen LogP contribution < -0.4 is 0 Å². The fourth-order valence-electron chi connectivity index (χ4n) is 2.00. The highest BCUT2D eigenvalue weighted by Crippen LogP contribution is 2.06. The first-order chi connectivity index (χ1) is 10.6. The van der Waals surface area contributed by atoms with Crippen LogP contribution in [0.5, 0.6) is 0 Å². The van der Waals surface area contributed by atoms with Gasteiger partial charge in [-0.25, -0.2) is 9.59 Å². The van der Waals surface area contributed by atoms with Gasteiger partial charge in [-0.1, -0.05) is 71.8 Å². The van der Waals surface area contributed by atoms with Crippen molar-refractivity contribution in [3.05, 3.63) is 12.2 Å². The Labute approximate surface area is 135 Å². The standard InChI is InChI=1S/C18H32O4/c1-4-6-8-10-12-14-21-17(19)16(3)18(20)22-15-13-11-9-7-5-2/h3-15H2,1-2H3. The second-order valence-electron chi connectivity index (χ2n) is 5.58. The highest BCUT2D eigenvalue weighted by molar-refractivity contribution is 6.13. The van der Waals surface area contributed by atoms with Crippen molar-refractivity contribution in [1.82, 2.24) is 0 Å². The van der Waals surface area contributed by atoms with Crippen LogP contribution in [0.15, 0.2) is 12.2 Å². The Morgan fingerprint density at radius 2 is 1.05 bits per heavy atom. The Morgan fingerprint density at radius 3 is 1.41 bits per heavy atom. The van der Waals surface area contributed by atoms with Crippen molar-refractivity contribution >= 4 is 11.9 Å². The maximum Gasteiger partial charge on any atom is 0.344 e. The van der Waals surface area contributed by atoms with Gasteiger partial charge in [0.2, 0.25) is 0 Å². The maximum atomic E-state index is 11.6. The summed E-state index contributed by atoms with van der Waals surface area (Å²) in [6.45, 7) is 8.44. The van der Waals surface area contributed by atoms with Gasteiger partial charge in [-0.05, 0) is 12.8 Å². The van der Waals surface area contributed by atoms with Crippen LogP contribution in [0.25, 0.3) is 0 Å². The van der Waals surface area contributed by atoms with E-state index < -0.39 is 11.9 Å². The lowest BCUT2D eigenvalue weighted by atomic mass is 10.2. The molecule has 0 fully saturated rings. The first kappa shape index (κ1) is 20.7. The van der Waals surface area contributed by atoms with Gasteiger partial charge in [0.15, 0.2) is 0 Å². The number of unbranched alkanes of at least 4 members (excludes halogenated alkanes) is 8. The summed E-state index contributed by atoms with van der Waals surface area (Å²) in [6.07, 6.45) is 10.8. The van der Waals surface area contributed by atoms with Gasteiger partial charge in [0.25, 0.3) is 0 Å². The second-order valence-corrected chi connectivity index (χ2v) is 5.58. The molecule has 0 saturated heterocycles. The average Bonchev–Trinajstić information content (AvgIpc) is 2.52. The maximum absolute atomic E-state index is 11.6. The fourth-order valence-corrected chi connectivity index (χ4v) is 2.00. The minimum Gasteiger partial charge on any atom is -0.462 e. The van der Waals surface area contributed by atoms with Crippen molar-refractivity contribution in [2.24, 2.45) is 0 Å². The van der Waals surface area contributed by atoms with Crippen LogP contribution in [0.4, 0.5) is 0 Å². The Morgan fingerprint density at radius 1 is 0.682 bits per heavy atom. The van der Waals surface area contributed by atoms with E-state index in [1.807, 2.05) is 0 Å². The SMILES string of the molecule is C=C(C(=O)OCCCCCCC)C(=O)OCCCCCCC. The summed E-state index contributed by atoms with van der Waals surface area (Å²) in [5.74, 6) is -1.32. The lowest BCUT2D eigenvalue weighted by molar-refractivity contribution is -0.147. The van der Waals surface area contributed by atoms with E-state index in [1.165, 1.54) is 25.7 Å². The zero-order valence-corrected chi connectivity index (χ0v) is 14.3. The summed E-state index contributed by atoms with van der Waals surface area (Å²) in [5, 5.41) is 0. The number of hydrogen-bond donors (Lipinski definition) is 0. The first-order valence-corrected chi connectivity index (χ1v) is 8.66. The lowest BCUT2D eigenvalue weighted by Crippen LogP contribution is -2.18. The molecule has 0 amide bonds. The van der Waals surface area contributed by atoms with Crippen LogP contribution in [-0.4, -0.2) is 25.2 Å². The molecule has 0 spiro atoms. The summed E-state index contributed by atoms with van der Waals surface area (Å²) in [4.78, 5) is 23.2. The molecule has 0 aromatic rings. The van der Waals surface area contributed by atoms with E-state index in [1.54, 1.807) is 0 Å². The van der Waals surface area contributed by atoms with E-state index in [0.717, 1.165) is 38.5 Å². The molecule has 0 heterocycles. The van der Waals surface area contributed by atoms with Crippen molar-refractivity contribution in [3.8, 4) is 0 Å². The largest absolute Gasteiger partial charge is 0.462 e. The molecule has 0 unspecified atom stereocenters. The zero-order chi connectivity index (χ0) is 16.6. The van der Waals surface area contributed by atoms with E-state index in [4.69, 9.17) is 9.47 Å². The smallest absolute Gasteiger partial charge is 0.344 e. The summed E-state index contributed by atoms with van der Waals surface area (Å²) in [7, 11) is 0. The lowest BCUT2D eigenvalue weighted by Gasteiger charge is -2.07. The van der Waals surface area contributed by atoms with Crippen LogP contribution in [-0.2, 0) is 19.1 Å². The highest BCUT2D eigenvalue weighted by atomic mass is 16.6. The van der Waals surface area contributed by atoms with Gasteiger partial charge in [0.05, 0.1) is 13.2 Å². The van der Waals surface area contributed by atoms with Crippen molar-refractivity contribution in [1.29, 1.82) is 0 Å². The van der Waals surface area contributed by atoms with Gasteiger partial charge >= 0.3 is 11.9 Å². The van der Waals surface area contributed by atoms with Gasteiger partial charge < -0.3 is 9.47 Å². The van der Waals surface area contributed by atoms with Crippen molar-refractivity contribution in [2.45, 2.75) is 78.1 Å². The fraction of sp³-hybridized carbons (Fsp3) is 0.778. The molecular weight excluding hydrogens is 280 g/mol. The average molecular weight is 312 g/mol. The molecule has 4 heteroatoms. The molecule has 22 heavy (non-hydrogen) atoms. The normalized spacial score (nSPS) is 10.3. The van der Waals surface area contributed by atoms with Crippen molar-refractivity contribution in [3.63, 3.8) is 0 Å². The zero-order valence-electron chi connectivity index (χ0n) is 14.3. The van der Waals surface area contributed by atoms with Crippen LogP contribution in [0.3, 0.4) is 0 Å². The van der Waals surface area contributed by atoms with Crippen molar-refractivity contribution in [2.75, 3.05) is 13.2 Å². The molecule has 0 atom stereocenters. The first-order valence-electron chi connectivity index (χ1n) is 8.66. The summed E-state index contributed by atoms with van der Waals surface area (Å²) in [6, 6.07) is 0. The third-order valence-corrected chi connectivity index (χ3v) is 3.45. The number of carbonyl (C=O) groups excluding carboxylic acids is 2. The Balaban J connectivity index is 3.65. The van der Waals surface area contributed by atoms with Crippen LogP contribution in [0.1, 0.15) is 78.1 Å². The monoisotopic (exact) mass is 312 g/mol. The van der Waals surface area contributed by atoms with Gasteiger partial charge in [0.1, 0.15) is 5.57 Å². The van der Waals surface area contributed by atoms with Crippen LogP contribution in [0, 0.1) is 0 Å². The Bertz CT molecular complexity index is 293. The molecule has 0 aliphatic rings. The van der Waals surface area contributed by atoms with E-state index in [0.29, 0.717) is 13.2 Å². The predicted octanol–water partition coefficient (Wildman–Crippen LogP) is 4.57. The minimum atomic E-state index is -0.661. The minimum absolute atomic E-state index is 0.206. The molecule has 0 N–H and O–H groups in total. The van der Waals surface area contributed by atoms with Gasteiger partial charge in [0, 0.05) is 0 Å². The van der Waals surface area contributed by atoms with Crippen LogP contribution in [0.2, 0.25) is 0 Å². The molecule has 0 bridgehead atoms. The Kier molecular flexibility index (Phi) is 13.7. The second kappa shape index (κ2) is 14.6. The number of rotatable bonds is 14. The quantitative estimate of drug-likeness (QED) is 0.155. The summed E-state index contributed by atoms with van der Waals surface area (Å²) >= 11 is 0. The van der Waals surface area contributed by atoms with Gasteiger partial charge in [-0.3, -0.25) is 0 Å². The molecule has 0 rings (SSSR count). The van der Waals surface area contributed by atoms with Crippen LogP contribution >= 0.6 is 0 Å². The molecule has 128 valence electrons. The molecule has 0 aromatic heterocycles. The summed E-state index contributed by atoms with van der Waals surface area (Å²) < 4.78 is 10.1. The third-order valence-electron chi connectivity index (χ3n) is 3.45. The van der Waals surface area contributed by atoms with Crippen molar-refractivity contribution < 1.29 is 19.1 Å². The molecule has 0 aromatic carbocycles. The topological polar surface area (TPSA) is 52.6 Å². The molecule has 0 aliphatic heterocycles. The number of hydrogen-bond acceptors (Lipinski definition) is 4. The van der Waals surface area contributed by atoms with E-state index >= 15 is 0 Å². The van der Waals surface area contributed by atoms with Gasteiger partial charge in [-0.2, -0.15) is 0 Å². The van der Waals surface area contributed by atoms with E-state index in [2.05, 4.69) is 20.4 Å². The highest BCUT2D eigenvalue weighted by Gasteiger charge is 2.18. The number of ether oxygens (including phenoxy) is 2. The molecule has 0 saturated carbocycles. The number of esters is 2. The van der Waals surface area contributed by atoms with E-state index in [9.17, 15) is 9.59 Å². The third kappa shape index (κ3) is 11.4. The number of carbonyl (C=O) groups is 2. The molecular formula is C18H32O4.